The number of carbonyl (C=O) groups is 1. The van der Waals surface area contributed by atoms with Gasteiger partial charge in [0.25, 0.3) is 5.91 Å². The summed E-state index contributed by atoms with van der Waals surface area (Å²) in [5.74, 6) is 0.181. The Kier molecular flexibility index (Phi) is 5.48. The predicted octanol–water partition coefficient (Wildman–Crippen LogP) is 4.46. The maximum absolute atomic E-state index is 12.3. The van der Waals surface area contributed by atoms with Crippen molar-refractivity contribution in [3.8, 4) is 0 Å². The Morgan fingerprint density at radius 2 is 1.80 bits per heavy atom. The number of hydrogen-bond acceptors (Lipinski definition) is 4. The van der Waals surface area contributed by atoms with E-state index in [4.69, 9.17) is 23.2 Å². The van der Waals surface area contributed by atoms with Gasteiger partial charge in [-0.05, 0) is 23.8 Å². The van der Waals surface area contributed by atoms with Crippen LogP contribution in [-0.2, 0) is 6.54 Å². The molecule has 0 fully saturated rings. The summed E-state index contributed by atoms with van der Waals surface area (Å²) in [6.45, 7) is 0.426. The van der Waals surface area contributed by atoms with Gasteiger partial charge in [0, 0.05) is 17.6 Å². The van der Waals surface area contributed by atoms with E-state index in [-0.39, 0.29) is 11.6 Å². The van der Waals surface area contributed by atoms with Crippen LogP contribution in [0.5, 0.6) is 0 Å². The van der Waals surface area contributed by atoms with Gasteiger partial charge in [0.05, 0.1) is 10.7 Å². The van der Waals surface area contributed by atoms with Crippen molar-refractivity contribution >= 4 is 40.6 Å². The first-order valence-corrected chi connectivity index (χ1v) is 8.23. The quantitative estimate of drug-likeness (QED) is 0.693. The van der Waals surface area contributed by atoms with Crippen LogP contribution in [0.15, 0.2) is 60.9 Å². The molecule has 1 heterocycles. The normalized spacial score (nSPS) is 10.3. The van der Waals surface area contributed by atoms with Crippen molar-refractivity contribution in [1.82, 2.24) is 15.3 Å². The lowest BCUT2D eigenvalue weighted by molar-refractivity contribution is 0.0946. The van der Waals surface area contributed by atoms with Crippen molar-refractivity contribution in [2.75, 3.05) is 5.32 Å². The number of carbonyl (C=O) groups excluding carboxylic acids is 1. The molecule has 1 amide bonds. The van der Waals surface area contributed by atoms with E-state index in [2.05, 4.69) is 20.6 Å². The predicted molar refractivity (Wildman–Crippen MR) is 99.4 cm³/mol. The largest absolute Gasteiger partial charge is 0.347 e. The first kappa shape index (κ1) is 17.2. The van der Waals surface area contributed by atoms with E-state index in [1.54, 1.807) is 24.3 Å². The lowest BCUT2D eigenvalue weighted by atomic mass is 10.2. The zero-order chi connectivity index (χ0) is 17.6. The van der Waals surface area contributed by atoms with Crippen molar-refractivity contribution in [1.29, 1.82) is 0 Å². The van der Waals surface area contributed by atoms with E-state index in [1.807, 2.05) is 30.3 Å². The van der Waals surface area contributed by atoms with Crippen LogP contribution in [0.1, 0.15) is 16.1 Å². The fourth-order valence-electron chi connectivity index (χ4n) is 2.15. The minimum atomic E-state index is -0.281. The van der Waals surface area contributed by atoms with Gasteiger partial charge in [0.1, 0.15) is 17.8 Å². The van der Waals surface area contributed by atoms with E-state index in [9.17, 15) is 4.79 Å². The molecule has 0 unspecified atom stereocenters. The van der Waals surface area contributed by atoms with Gasteiger partial charge in [0.15, 0.2) is 0 Å². The molecule has 0 bridgehead atoms. The van der Waals surface area contributed by atoms with Crippen LogP contribution < -0.4 is 10.6 Å². The zero-order valence-electron chi connectivity index (χ0n) is 13.0. The summed E-state index contributed by atoms with van der Waals surface area (Å²) in [6.07, 6.45) is 1.32. The molecule has 2 N–H and O–H groups in total. The fourth-order valence-corrected chi connectivity index (χ4v) is 2.60. The molecule has 0 spiro atoms. The third-order valence-electron chi connectivity index (χ3n) is 3.39. The van der Waals surface area contributed by atoms with Gasteiger partial charge >= 0.3 is 0 Å². The zero-order valence-corrected chi connectivity index (χ0v) is 14.6. The van der Waals surface area contributed by atoms with Crippen molar-refractivity contribution in [3.63, 3.8) is 0 Å². The molecule has 3 rings (SSSR count). The van der Waals surface area contributed by atoms with E-state index < -0.39 is 0 Å². The Morgan fingerprint density at radius 3 is 2.56 bits per heavy atom. The first-order valence-electron chi connectivity index (χ1n) is 7.48. The standard InChI is InChI=1S/C18H14Cl2N4O/c19-13-6-7-15(14(20)8-13)24-17-9-16(22-11-23-17)18(25)21-10-12-4-2-1-3-5-12/h1-9,11H,10H2,(H,21,25)(H,22,23,24). The van der Waals surface area contributed by atoms with Crippen LogP contribution in [0.25, 0.3) is 0 Å². The molecule has 5 nitrogen and oxygen atoms in total. The topological polar surface area (TPSA) is 66.9 Å². The van der Waals surface area contributed by atoms with Gasteiger partial charge in [0.2, 0.25) is 0 Å². The third-order valence-corrected chi connectivity index (χ3v) is 3.94. The van der Waals surface area contributed by atoms with Gasteiger partial charge in [-0.15, -0.1) is 0 Å². The molecule has 0 saturated carbocycles. The van der Waals surface area contributed by atoms with E-state index in [1.165, 1.54) is 6.33 Å². The van der Waals surface area contributed by atoms with Crippen LogP contribution in [0.4, 0.5) is 11.5 Å². The summed E-state index contributed by atoms with van der Waals surface area (Å²) in [6, 6.07) is 16.3. The van der Waals surface area contributed by atoms with Gasteiger partial charge in [-0.3, -0.25) is 4.79 Å². The monoisotopic (exact) mass is 372 g/mol. The number of aromatic nitrogens is 2. The van der Waals surface area contributed by atoms with Crippen LogP contribution in [-0.4, -0.2) is 15.9 Å². The summed E-state index contributed by atoms with van der Waals surface area (Å²) < 4.78 is 0. The molecule has 126 valence electrons. The lowest BCUT2D eigenvalue weighted by Crippen LogP contribution is -2.24. The third kappa shape index (κ3) is 4.68. The molecule has 25 heavy (non-hydrogen) atoms. The number of nitrogens with one attached hydrogen (secondary N) is 2. The second-order valence-corrected chi connectivity index (χ2v) is 6.05. The second kappa shape index (κ2) is 7.96. The number of anilines is 2. The van der Waals surface area contributed by atoms with Gasteiger partial charge in [-0.25, -0.2) is 9.97 Å². The summed E-state index contributed by atoms with van der Waals surface area (Å²) in [7, 11) is 0. The highest BCUT2D eigenvalue weighted by molar-refractivity contribution is 6.36. The van der Waals surface area contributed by atoms with Crippen molar-refractivity contribution in [3.05, 3.63) is 82.2 Å². The summed E-state index contributed by atoms with van der Waals surface area (Å²) in [5, 5.41) is 6.87. The SMILES string of the molecule is O=C(NCc1ccccc1)c1cc(Nc2ccc(Cl)cc2Cl)ncn1. The minimum absolute atomic E-state index is 0.263. The van der Waals surface area contributed by atoms with Gasteiger partial charge in [-0.1, -0.05) is 53.5 Å². The molecule has 0 saturated heterocycles. The second-order valence-electron chi connectivity index (χ2n) is 5.21. The Labute approximate surface area is 155 Å². The van der Waals surface area contributed by atoms with Crippen LogP contribution in [0, 0.1) is 0 Å². The van der Waals surface area contributed by atoms with E-state index in [0.717, 1.165) is 5.56 Å². The smallest absolute Gasteiger partial charge is 0.270 e. The van der Waals surface area contributed by atoms with Gasteiger partial charge < -0.3 is 10.6 Å². The highest BCUT2D eigenvalue weighted by atomic mass is 35.5. The van der Waals surface area contributed by atoms with Gasteiger partial charge in [-0.2, -0.15) is 0 Å². The molecule has 0 aliphatic carbocycles. The highest BCUT2D eigenvalue weighted by Gasteiger charge is 2.10. The maximum Gasteiger partial charge on any atom is 0.270 e. The highest BCUT2D eigenvalue weighted by Crippen LogP contribution is 2.27. The number of benzene rings is 2. The van der Waals surface area contributed by atoms with Crippen molar-refractivity contribution in [2.45, 2.75) is 6.54 Å². The molecule has 0 radical (unpaired) electrons. The Morgan fingerprint density at radius 1 is 1.00 bits per heavy atom. The number of halogens is 2. The number of nitrogens with zero attached hydrogens (tertiary/aromatic N) is 2. The van der Waals surface area contributed by atoms with Crippen LogP contribution in [0.2, 0.25) is 10.0 Å². The molecular weight excluding hydrogens is 359 g/mol. The van der Waals surface area contributed by atoms with E-state index in [0.29, 0.717) is 28.1 Å². The first-order chi connectivity index (χ1) is 12.1. The minimum Gasteiger partial charge on any atom is -0.347 e. The van der Waals surface area contributed by atoms with Crippen molar-refractivity contribution < 1.29 is 4.79 Å². The molecular formula is C18H14Cl2N4O. The van der Waals surface area contributed by atoms with E-state index >= 15 is 0 Å². The Hall–Kier alpha value is -2.63. The number of rotatable bonds is 5. The molecule has 0 aliphatic heterocycles. The molecule has 2 aromatic carbocycles. The molecule has 7 heteroatoms. The number of hydrogen-bond donors (Lipinski definition) is 2. The van der Waals surface area contributed by atoms with Crippen LogP contribution >= 0.6 is 23.2 Å². The lowest BCUT2D eigenvalue weighted by Gasteiger charge is -2.09. The molecule has 0 atom stereocenters. The molecule has 1 aromatic heterocycles. The Bertz CT molecular complexity index is 887. The van der Waals surface area contributed by atoms with Crippen LogP contribution in [0.3, 0.4) is 0 Å². The summed E-state index contributed by atoms with van der Waals surface area (Å²) in [5.41, 5.74) is 1.91. The van der Waals surface area contributed by atoms with Crippen molar-refractivity contribution in [2.24, 2.45) is 0 Å². The summed E-state index contributed by atoms with van der Waals surface area (Å²) >= 11 is 12.0. The maximum atomic E-state index is 12.3. The summed E-state index contributed by atoms with van der Waals surface area (Å²) in [4.78, 5) is 20.4. The average Bonchev–Trinajstić information content (AvgIpc) is 2.63. The molecule has 3 aromatic rings. The molecule has 0 aliphatic rings. The Balaban J connectivity index is 1.69. The fraction of sp³-hybridized carbons (Fsp3) is 0.0556. The average molecular weight is 373 g/mol. The number of amides is 1.